The molecule has 2 aromatic rings. The molecule has 2 amide bonds. The highest BCUT2D eigenvalue weighted by Crippen LogP contribution is 2.56. The number of Topliss-reactive ketones (excluding diaryl/α,β-unsaturated/α-hetero) is 1. The van der Waals surface area contributed by atoms with Gasteiger partial charge in [0.2, 0.25) is 11.8 Å². The molecule has 4 atom stereocenters. The van der Waals surface area contributed by atoms with E-state index in [2.05, 4.69) is 15.9 Å². The van der Waals surface area contributed by atoms with Gasteiger partial charge in [-0.25, -0.2) is 0 Å². The highest BCUT2D eigenvalue weighted by Gasteiger charge is 2.56. The second-order valence-electron chi connectivity index (χ2n) is 10.4. The van der Waals surface area contributed by atoms with Gasteiger partial charge in [-0.1, -0.05) is 42.0 Å². The van der Waals surface area contributed by atoms with E-state index >= 15 is 0 Å². The minimum absolute atomic E-state index is 0.0324. The van der Waals surface area contributed by atoms with Crippen LogP contribution in [0.1, 0.15) is 37.2 Å². The third kappa shape index (κ3) is 3.90. The summed E-state index contributed by atoms with van der Waals surface area (Å²) in [4.78, 5) is 65.9. The fraction of sp³-hybridized carbons (Fsp3) is 0.300. The van der Waals surface area contributed by atoms with E-state index in [4.69, 9.17) is 5.11 Å². The van der Waals surface area contributed by atoms with Gasteiger partial charge in [0.05, 0.1) is 16.3 Å². The van der Waals surface area contributed by atoms with Crippen LogP contribution in [0.25, 0.3) is 10.8 Å². The van der Waals surface area contributed by atoms with Crippen LogP contribution in [0.4, 0.5) is 0 Å². The lowest BCUT2D eigenvalue weighted by molar-refractivity contribution is -0.142. The molecule has 39 heavy (non-hydrogen) atoms. The molecular formula is C30H24BrNO7. The number of allylic oxidation sites excluding steroid dienone is 6. The van der Waals surface area contributed by atoms with Crippen LogP contribution in [0.3, 0.4) is 0 Å². The monoisotopic (exact) mass is 589 g/mol. The molecule has 1 fully saturated rings. The smallest absolute Gasteiger partial charge is 0.303 e. The molecule has 6 rings (SSSR count). The zero-order chi connectivity index (χ0) is 27.6. The molecule has 0 saturated carbocycles. The van der Waals surface area contributed by atoms with E-state index in [9.17, 15) is 29.1 Å². The molecule has 0 radical (unpaired) electrons. The number of ketones is 2. The summed E-state index contributed by atoms with van der Waals surface area (Å²) in [5.74, 6) is -4.56. The van der Waals surface area contributed by atoms with Crippen molar-refractivity contribution < 1.29 is 34.2 Å². The average Bonchev–Trinajstić information content (AvgIpc) is 3.16. The van der Waals surface area contributed by atoms with E-state index in [0.29, 0.717) is 23.0 Å². The number of rotatable bonds is 5. The molecule has 1 saturated heterocycles. The lowest BCUT2D eigenvalue weighted by atomic mass is 9.59. The zero-order valence-electron chi connectivity index (χ0n) is 20.7. The van der Waals surface area contributed by atoms with Crippen LogP contribution in [-0.4, -0.2) is 51.0 Å². The van der Waals surface area contributed by atoms with Gasteiger partial charge >= 0.3 is 5.97 Å². The van der Waals surface area contributed by atoms with Crippen molar-refractivity contribution in [3.05, 3.63) is 75.3 Å². The summed E-state index contributed by atoms with van der Waals surface area (Å²) in [5, 5.41) is 20.9. The molecule has 2 N–H and O–H groups in total. The molecule has 4 aliphatic rings. The van der Waals surface area contributed by atoms with Crippen molar-refractivity contribution in [3.8, 4) is 5.75 Å². The number of benzene rings is 2. The van der Waals surface area contributed by atoms with Crippen LogP contribution in [0.2, 0.25) is 0 Å². The molecule has 0 bridgehead atoms. The maximum absolute atomic E-state index is 13.7. The van der Waals surface area contributed by atoms with E-state index in [1.165, 1.54) is 11.0 Å². The predicted octanol–water partition coefficient (Wildman–Crippen LogP) is 4.17. The number of aliphatic carboxylic acids is 1. The number of aromatic hydroxyl groups is 1. The topological polar surface area (TPSA) is 129 Å². The SMILES string of the molecule is O=C(O)CCCN1C(=O)[C@H]2[C@H](CC=C3[C@H](c4ccc(O)c5ccccc45)C4=C(C[C@H]32)C(=O)C(Br)=CC4=O)C1=O. The first kappa shape index (κ1) is 25.4. The molecule has 9 heteroatoms. The summed E-state index contributed by atoms with van der Waals surface area (Å²) in [6, 6.07) is 10.6. The van der Waals surface area contributed by atoms with Gasteiger partial charge in [-0.15, -0.1) is 0 Å². The number of phenols is 1. The largest absolute Gasteiger partial charge is 0.507 e. The number of nitrogens with zero attached hydrogens (tertiary/aromatic N) is 1. The van der Waals surface area contributed by atoms with E-state index in [1.54, 1.807) is 18.2 Å². The minimum Gasteiger partial charge on any atom is -0.507 e. The number of hydrogen-bond donors (Lipinski definition) is 2. The van der Waals surface area contributed by atoms with E-state index in [0.717, 1.165) is 16.5 Å². The highest BCUT2D eigenvalue weighted by molar-refractivity contribution is 9.12. The first-order valence-electron chi connectivity index (χ1n) is 12.9. The number of phenolic OH excluding ortho intramolecular Hbond substituents is 1. The van der Waals surface area contributed by atoms with Crippen molar-refractivity contribution in [2.24, 2.45) is 17.8 Å². The van der Waals surface area contributed by atoms with Gasteiger partial charge < -0.3 is 10.2 Å². The predicted molar refractivity (Wildman–Crippen MR) is 144 cm³/mol. The molecule has 0 aromatic heterocycles. The second-order valence-corrected chi connectivity index (χ2v) is 11.3. The van der Waals surface area contributed by atoms with E-state index in [-0.39, 0.29) is 59.4 Å². The Kier molecular flexibility index (Phi) is 6.14. The van der Waals surface area contributed by atoms with Crippen LogP contribution in [0.15, 0.2) is 69.8 Å². The summed E-state index contributed by atoms with van der Waals surface area (Å²) >= 11 is 3.23. The van der Waals surface area contributed by atoms with Gasteiger partial charge in [-0.2, -0.15) is 0 Å². The van der Waals surface area contributed by atoms with Crippen LogP contribution < -0.4 is 0 Å². The summed E-state index contributed by atoms with van der Waals surface area (Å²) < 4.78 is 0.157. The first-order chi connectivity index (χ1) is 18.7. The van der Waals surface area contributed by atoms with Crippen LogP contribution in [0.5, 0.6) is 5.75 Å². The molecule has 0 spiro atoms. The van der Waals surface area contributed by atoms with Gasteiger partial charge in [0.15, 0.2) is 11.6 Å². The Morgan fingerprint density at radius 1 is 1.00 bits per heavy atom. The number of imide groups is 1. The molecular weight excluding hydrogens is 566 g/mol. The van der Waals surface area contributed by atoms with Crippen LogP contribution in [0, 0.1) is 17.8 Å². The van der Waals surface area contributed by atoms with Crippen molar-refractivity contribution in [1.29, 1.82) is 0 Å². The Balaban J connectivity index is 1.49. The quantitative estimate of drug-likeness (QED) is 0.304. The Hall–Kier alpha value is -3.85. The van der Waals surface area contributed by atoms with E-state index < -0.39 is 29.6 Å². The van der Waals surface area contributed by atoms with E-state index in [1.807, 2.05) is 24.3 Å². The van der Waals surface area contributed by atoms with Crippen LogP contribution >= 0.6 is 15.9 Å². The first-order valence-corrected chi connectivity index (χ1v) is 13.6. The van der Waals surface area contributed by atoms with Gasteiger partial charge in [-0.05, 0) is 58.1 Å². The van der Waals surface area contributed by atoms with Gasteiger partial charge in [-0.3, -0.25) is 28.9 Å². The number of carbonyl (C=O) groups excluding carboxylic acids is 4. The summed E-state index contributed by atoms with van der Waals surface area (Å²) in [6.07, 6.45) is 3.72. The van der Waals surface area contributed by atoms with Crippen molar-refractivity contribution in [2.45, 2.75) is 31.6 Å². The fourth-order valence-electron chi connectivity index (χ4n) is 6.79. The number of amides is 2. The van der Waals surface area contributed by atoms with Crippen molar-refractivity contribution >= 4 is 56.1 Å². The summed E-state index contributed by atoms with van der Waals surface area (Å²) in [7, 11) is 0. The third-order valence-electron chi connectivity index (χ3n) is 8.44. The maximum atomic E-state index is 13.7. The van der Waals surface area contributed by atoms with Crippen molar-refractivity contribution in [2.75, 3.05) is 6.54 Å². The Labute approximate surface area is 231 Å². The number of carboxylic acid groups (broad SMARTS) is 1. The zero-order valence-corrected chi connectivity index (χ0v) is 22.3. The normalized spacial score (nSPS) is 26.3. The van der Waals surface area contributed by atoms with Gasteiger partial charge in [0, 0.05) is 41.5 Å². The maximum Gasteiger partial charge on any atom is 0.303 e. The Morgan fingerprint density at radius 2 is 1.74 bits per heavy atom. The number of carbonyl (C=O) groups is 5. The molecule has 2 aromatic carbocycles. The standard InChI is InChI=1S/C30H24BrNO7/c31-21-13-23(34)27-20(28(21)37)12-19-17(25(27)16-9-10-22(33)15-5-2-1-4-14(15)16)7-8-18-26(19)30(39)32(29(18)38)11-3-6-24(35)36/h1-2,4-5,7,9-10,13,18-19,25-26,33H,3,6,8,11-12H2,(H,35,36)/t18-,19+,25-,26-/m0/s1. The third-order valence-corrected chi connectivity index (χ3v) is 9.03. The minimum atomic E-state index is -0.995. The molecule has 3 aliphatic carbocycles. The number of hydrogen-bond acceptors (Lipinski definition) is 6. The van der Waals surface area contributed by atoms with Crippen molar-refractivity contribution in [1.82, 2.24) is 4.90 Å². The number of carboxylic acids is 1. The van der Waals surface area contributed by atoms with Gasteiger partial charge in [0.25, 0.3) is 0 Å². The Bertz CT molecular complexity index is 1600. The van der Waals surface area contributed by atoms with Crippen LogP contribution in [-0.2, 0) is 24.0 Å². The van der Waals surface area contributed by atoms with Gasteiger partial charge in [0.1, 0.15) is 5.75 Å². The second kappa shape index (κ2) is 9.41. The lowest BCUT2D eigenvalue weighted by Gasteiger charge is -2.42. The Morgan fingerprint density at radius 3 is 2.49 bits per heavy atom. The molecule has 1 heterocycles. The molecule has 1 aliphatic heterocycles. The number of likely N-dealkylation sites (tertiary alicyclic amines) is 1. The molecule has 0 unspecified atom stereocenters. The number of fused-ring (bicyclic) bond motifs is 4. The highest BCUT2D eigenvalue weighted by atomic mass is 79.9. The molecule has 198 valence electrons. The average molecular weight is 590 g/mol. The molecule has 8 nitrogen and oxygen atoms in total. The fourth-order valence-corrected chi connectivity index (χ4v) is 7.24. The van der Waals surface area contributed by atoms with Crippen molar-refractivity contribution in [3.63, 3.8) is 0 Å². The summed E-state index contributed by atoms with van der Waals surface area (Å²) in [5.41, 5.74) is 2.28. The lowest BCUT2D eigenvalue weighted by Crippen LogP contribution is -2.39. The number of halogens is 1. The summed E-state index contributed by atoms with van der Waals surface area (Å²) in [6.45, 7) is 0.0324.